The molecule has 4 N–H and O–H groups in total. The third kappa shape index (κ3) is 6.12. The minimum Gasteiger partial charge on any atom is -0.396 e. The van der Waals surface area contributed by atoms with Gasteiger partial charge in [0.25, 0.3) is 5.91 Å². The number of β-lactam (4-membered cyclic amide) rings is 1. The summed E-state index contributed by atoms with van der Waals surface area (Å²) < 4.78 is 0. The van der Waals surface area contributed by atoms with Crippen LogP contribution in [0.3, 0.4) is 0 Å². The number of thiazole rings is 1. The van der Waals surface area contributed by atoms with Gasteiger partial charge < -0.3 is 25.9 Å². The Bertz CT molecular complexity index is 686. The van der Waals surface area contributed by atoms with E-state index in [0.717, 1.165) is 6.21 Å². The number of nitrogens with one attached hydrogen (secondary N) is 3. The highest BCUT2D eigenvalue weighted by molar-refractivity contribution is 8.00. The van der Waals surface area contributed by atoms with Crippen LogP contribution in [0.25, 0.3) is 0 Å². The number of aliphatic hydroxyl groups is 1. The van der Waals surface area contributed by atoms with Crippen LogP contribution in [0.15, 0.2) is 10.5 Å². The molecule has 0 unspecified atom stereocenters. The number of anilines is 1. The van der Waals surface area contributed by atoms with Crippen molar-refractivity contribution in [2.45, 2.75) is 18.0 Å². The Morgan fingerprint density at radius 1 is 1.58 bits per heavy atom. The van der Waals surface area contributed by atoms with Crippen LogP contribution < -0.4 is 16.0 Å². The van der Waals surface area contributed by atoms with Gasteiger partial charge in [-0.2, -0.15) is 0 Å². The Balaban J connectivity index is 1.70. The Hall–Kier alpha value is -1.89. The van der Waals surface area contributed by atoms with Crippen LogP contribution >= 0.6 is 34.7 Å². The van der Waals surface area contributed by atoms with E-state index < -0.39 is 11.9 Å². The molecule has 0 saturated carbocycles. The molecule has 2 atom stereocenters. The number of hydrogen-bond donors (Lipinski definition) is 4. The average molecular weight is 422 g/mol. The van der Waals surface area contributed by atoms with Crippen molar-refractivity contribution >= 4 is 63.8 Å². The standard InChI is InChI=1S/C13H16ClN5O5S2/c14-3-8(21)18-13-16-7(6-26-13)5-24-15-4-9(22)17-10-11(23)19-12(10)25-2-1-20/h4,6,10,12,20H,1-3,5H2,(H,17,22)(H,19,23)(H,16,18,21)/t10-,12-/m1/s1. The molecule has 0 radical (unpaired) electrons. The predicted molar refractivity (Wildman–Crippen MR) is 98.1 cm³/mol. The van der Waals surface area contributed by atoms with Crippen molar-refractivity contribution in [3.8, 4) is 0 Å². The van der Waals surface area contributed by atoms with Crippen LogP contribution in [0.4, 0.5) is 5.13 Å². The molecule has 142 valence electrons. The summed E-state index contributed by atoms with van der Waals surface area (Å²) in [5.74, 6) is -0.942. The molecular formula is C13H16ClN5O5S2. The highest BCUT2D eigenvalue weighted by Crippen LogP contribution is 2.19. The van der Waals surface area contributed by atoms with Crippen molar-refractivity contribution in [3.05, 3.63) is 11.1 Å². The molecule has 1 aromatic rings. The highest BCUT2D eigenvalue weighted by atomic mass is 35.5. The van der Waals surface area contributed by atoms with Gasteiger partial charge >= 0.3 is 0 Å². The van der Waals surface area contributed by atoms with Gasteiger partial charge in [0.2, 0.25) is 11.8 Å². The van der Waals surface area contributed by atoms with Gasteiger partial charge in [-0.1, -0.05) is 5.16 Å². The SMILES string of the molecule is O=C(C=NOCc1csc(NC(=O)CCl)n1)N[C@@H]1C(=O)N[C@@H]1SCCO. The van der Waals surface area contributed by atoms with Crippen molar-refractivity contribution in [2.24, 2.45) is 5.16 Å². The lowest BCUT2D eigenvalue weighted by Crippen LogP contribution is -2.67. The normalized spacial score (nSPS) is 18.9. The minimum absolute atomic E-state index is 0.00984. The maximum absolute atomic E-state index is 11.7. The predicted octanol–water partition coefficient (Wildman–Crippen LogP) is -0.511. The van der Waals surface area contributed by atoms with E-state index in [-0.39, 0.29) is 36.3 Å². The number of carbonyl (C=O) groups is 3. The molecule has 0 aliphatic carbocycles. The van der Waals surface area contributed by atoms with Gasteiger partial charge in [0.15, 0.2) is 11.7 Å². The number of carbonyl (C=O) groups excluding carboxylic acids is 3. The molecule has 3 amide bonds. The van der Waals surface area contributed by atoms with Crippen LogP contribution in [-0.4, -0.2) is 63.7 Å². The molecule has 1 aromatic heterocycles. The second kappa shape index (κ2) is 10.3. The number of alkyl halides is 1. The van der Waals surface area contributed by atoms with E-state index in [0.29, 0.717) is 16.6 Å². The lowest BCUT2D eigenvalue weighted by molar-refractivity contribution is -0.132. The maximum Gasteiger partial charge on any atom is 0.266 e. The van der Waals surface area contributed by atoms with E-state index in [1.807, 2.05) is 0 Å². The quantitative estimate of drug-likeness (QED) is 0.172. The van der Waals surface area contributed by atoms with Gasteiger partial charge in [-0.15, -0.1) is 34.7 Å². The minimum atomic E-state index is -0.669. The van der Waals surface area contributed by atoms with E-state index in [9.17, 15) is 14.4 Å². The van der Waals surface area contributed by atoms with Crippen LogP contribution in [0.5, 0.6) is 0 Å². The molecule has 10 nitrogen and oxygen atoms in total. The number of rotatable bonds is 10. The Labute approximate surface area is 161 Å². The van der Waals surface area contributed by atoms with Gasteiger partial charge in [0.05, 0.1) is 12.3 Å². The van der Waals surface area contributed by atoms with E-state index in [1.165, 1.54) is 23.1 Å². The number of halogens is 1. The average Bonchev–Trinajstić information content (AvgIpc) is 3.07. The van der Waals surface area contributed by atoms with Crippen LogP contribution in [0, 0.1) is 0 Å². The fourth-order valence-corrected chi connectivity index (χ4v) is 3.50. The van der Waals surface area contributed by atoms with E-state index in [4.69, 9.17) is 21.5 Å². The molecule has 13 heteroatoms. The molecule has 1 fully saturated rings. The van der Waals surface area contributed by atoms with Crippen LogP contribution in [0.1, 0.15) is 5.69 Å². The number of oxime groups is 1. The first kappa shape index (κ1) is 20.4. The maximum atomic E-state index is 11.7. The third-order valence-corrected chi connectivity index (χ3v) is 5.15. The molecule has 2 heterocycles. The van der Waals surface area contributed by atoms with Gasteiger partial charge in [-0.3, -0.25) is 14.4 Å². The summed E-state index contributed by atoms with van der Waals surface area (Å²) in [5.41, 5.74) is 0.524. The molecule has 2 rings (SSSR count). The molecule has 1 saturated heterocycles. The number of nitrogens with zero attached hydrogens (tertiary/aromatic N) is 2. The van der Waals surface area contributed by atoms with E-state index >= 15 is 0 Å². The smallest absolute Gasteiger partial charge is 0.266 e. The van der Waals surface area contributed by atoms with Crippen molar-refractivity contribution in [1.82, 2.24) is 15.6 Å². The summed E-state index contributed by atoms with van der Waals surface area (Å²) in [7, 11) is 0. The second-order valence-electron chi connectivity index (χ2n) is 4.84. The summed E-state index contributed by atoms with van der Waals surface area (Å²) in [6.45, 7) is -0.00317. The van der Waals surface area contributed by atoms with E-state index in [1.54, 1.807) is 5.38 Å². The summed E-state index contributed by atoms with van der Waals surface area (Å²) in [6, 6.07) is -0.669. The largest absolute Gasteiger partial charge is 0.396 e. The number of hydrogen-bond acceptors (Lipinski definition) is 9. The first-order valence-electron chi connectivity index (χ1n) is 7.32. The summed E-state index contributed by atoms with van der Waals surface area (Å²) in [6.07, 6.45) is 0.919. The van der Waals surface area contributed by atoms with Crippen molar-refractivity contribution in [1.29, 1.82) is 0 Å². The van der Waals surface area contributed by atoms with Crippen molar-refractivity contribution in [3.63, 3.8) is 0 Å². The number of aromatic nitrogens is 1. The molecule has 0 spiro atoms. The first-order valence-corrected chi connectivity index (χ1v) is 9.78. The molecule has 1 aliphatic heterocycles. The first-order chi connectivity index (χ1) is 12.5. The van der Waals surface area contributed by atoms with Crippen LogP contribution in [0.2, 0.25) is 0 Å². The second-order valence-corrected chi connectivity index (χ2v) is 7.22. The molecule has 26 heavy (non-hydrogen) atoms. The Morgan fingerprint density at radius 3 is 3.08 bits per heavy atom. The van der Waals surface area contributed by atoms with Crippen molar-refractivity contribution in [2.75, 3.05) is 23.6 Å². The summed E-state index contributed by atoms with van der Waals surface area (Å²) >= 11 is 7.92. The highest BCUT2D eigenvalue weighted by Gasteiger charge is 2.40. The lowest BCUT2D eigenvalue weighted by atomic mass is 10.1. The Morgan fingerprint density at radius 2 is 2.38 bits per heavy atom. The fraction of sp³-hybridized carbons (Fsp3) is 0.462. The number of aliphatic hydroxyl groups excluding tert-OH is 1. The molecular weight excluding hydrogens is 406 g/mol. The zero-order valence-electron chi connectivity index (χ0n) is 13.3. The van der Waals surface area contributed by atoms with Gasteiger partial charge in [-0.05, 0) is 0 Å². The zero-order chi connectivity index (χ0) is 18.9. The third-order valence-electron chi connectivity index (χ3n) is 2.93. The van der Waals surface area contributed by atoms with Crippen LogP contribution in [-0.2, 0) is 25.8 Å². The monoisotopic (exact) mass is 421 g/mol. The number of thioether (sulfide) groups is 1. The van der Waals surface area contributed by atoms with Gasteiger partial charge in [-0.25, -0.2) is 4.98 Å². The van der Waals surface area contributed by atoms with Gasteiger partial charge in [0, 0.05) is 11.1 Å². The number of amides is 3. The molecule has 0 bridgehead atoms. The topological polar surface area (TPSA) is 142 Å². The fourth-order valence-electron chi connectivity index (χ4n) is 1.78. The Kier molecular flexibility index (Phi) is 8.09. The molecule has 1 aliphatic rings. The summed E-state index contributed by atoms with van der Waals surface area (Å²) in [5, 5.41) is 21.7. The molecule has 0 aromatic carbocycles. The lowest BCUT2D eigenvalue weighted by Gasteiger charge is -2.36. The summed E-state index contributed by atoms with van der Waals surface area (Å²) in [4.78, 5) is 43.3. The zero-order valence-corrected chi connectivity index (χ0v) is 15.7. The van der Waals surface area contributed by atoms with Crippen molar-refractivity contribution < 1.29 is 24.3 Å². The van der Waals surface area contributed by atoms with E-state index in [2.05, 4.69) is 26.1 Å². The van der Waals surface area contributed by atoms with Gasteiger partial charge in [0.1, 0.15) is 23.5 Å².